The number of imidazole rings is 1. The number of aromatic nitrogens is 2. The molecule has 0 saturated carbocycles. The summed E-state index contributed by atoms with van der Waals surface area (Å²) in [5.74, 6) is 2.25. The molecule has 1 amide bonds. The quantitative estimate of drug-likeness (QED) is 0.0434. The van der Waals surface area contributed by atoms with E-state index in [2.05, 4.69) is 11.0 Å². The highest BCUT2D eigenvalue weighted by atomic mass is 16.6. The molecule has 2 aliphatic heterocycles. The number of benzene rings is 3. The number of hydrogen-bond acceptors (Lipinski definition) is 12. The van der Waals surface area contributed by atoms with Crippen LogP contribution in [0.4, 0.5) is 0 Å². The maximum atomic E-state index is 14.2. The minimum Gasteiger partial charge on any atom is -0.493 e. The van der Waals surface area contributed by atoms with Gasteiger partial charge in [0.2, 0.25) is 11.5 Å². The van der Waals surface area contributed by atoms with Gasteiger partial charge in [0, 0.05) is 43.5 Å². The van der Waals surface area contributed by atoms with Crippen LogP contribution in [0.25, 0.3) is 11.0 Å². The third kappa shape index (κ3) is 8.93. The van der Waals surface area contributed by atoms with E-state index in [-0.39, 0.29) is 34.9 Å². The number of rotatable bonds is 17. The summed E-state index contributed by atoms with van der Waals surface area (Å²) in [5.41, 5.74) is 2.73. The van der Waals surface area contributed by atoms with Crippen molar-refractivity contribution in [3.63, 3.8) is 0 Å². The van der Waals surface area contributed by atoms with Crippen molar-refractivity contribution in [3.05, 3.63) is 95.7 Å². The first kappa shape index (κ1) is 41.3. The zero-order valence-electron chi connectivity index (χ0n) is 34.4. The number of piperidine rings is 1. The highest BCUT2D eigenvalue weighted by Gasteiger charge is 2.43. The summed E-state index contributed by atoms with van der Waals surface area (Å²) in [5, 5.41) is 0. The van der Waals surface area contributed by atoms with Crippen LogP contribution in [-0.4, -0.2) is 105 Å². The molecule has 3 aromatic carbocycles. The van der Waals surface area contributed by atoms with Crippen LogP contribution in [0.5, 0.6) is 28.7 Å². The monoisotopic (exact) mass is 808 g/mol. The molecule has 14 heteroatoms. The molecule has 14 nitrogen and oxygen atoms in total. The number of methoxy groups -OCH3 is 4. The van der Waals surface area contributed by atoms with Crippen molar-refractivity contribution in [2.75, 3.05) is 67.8 Å². The third-order valence-corrected chi connectivity index (χ3v) is 11.6. The van der Waals surface area contributed by atoms with Crippen LogP contribution in [0.15, 0.2) is 77.4 Å². The molecule has 2 fully saturated rings. The van der Waals surface area contributed by atoms with Gasteiger partial charge in [-0.2, -0.15) is 0 Å². The van der Waals surface area contributed by atoms with Crippen molar-refractivity contribution >= 4 is 28.7 Å². The van der Waals surface area contributed by atoms with E-state index in [1.807, 2.05) is 58.0 Å². The van der Waals surface area contributed by atoms with E-state index in [0.717, 1.165) is 67.7 Å². The molecule has 2 aromatic heterocycles. The zero-order chi connectivity index (χ0) is 41.5. The summed E-state index contributed by atoms with van der Waals surface area (Å²) in [4.78, 5) is 49.2. The molecule has 0 N–H and O–H groups in total. The molecule has 312 valence electrons. The predicted molar refractivity (Wildman–Crippen MR) is 219 cm³/mol. The van der Waals surface area contributed by atoms with Crippen molar-refractivity contribution < 1.29 is 47.2 Å². The Morgan fingerprint density at radius 3 is 2.24 bits per heavy atom. The Labute approximate surface area is 343 Å². The molecular weight excluding hydrogens is 757 g/mol. The van der Waals surface area contributed by atoms with Gasteiger partial charge in [-0.05, 0) is 99.4 Å². The molecule has 59 heavy (non-hydrogen) atoms. The van der Waals surface area contributed by atoms with Crippen LogP contribution in [-0.2, 0) is 28.1 Å². The van der Waals surface area contributed by atoms with E-state index in [9.17, 15) is 14.4 Å². The lowest BCUT2D eigenvalue weighted by molar-refractivity contribution is -0.132. The highest BCUT2D eigenvalue weighted by molar-refractivity contribution is 5.98. The number of furan rings is 1. The number of Topliss-reactive ketones (excluding diaryl/α,β-unsaturated/α-hetero) is 1. The van der Waals surface area contributed by atoms with E-state index in [1.54, 1.807) is 32.6 Å². The van der Waals surface area contributed by atoms with Gasteiger partial charge in [0.05, 0.1) is 52.3 Å². The minimum absolute atomic E-state index is 0.0628. The number of ether oxygens (including phenoxy) is 6. The van der Waals surface area contributed by atoms with E-state index in [4.69, 9.17) is 37.8 Å². The van der Waals surface area contributed by atoms with E-state index in [0.29, 0.717) is 55.7 Å². The smallest absolute Gasteiger partial charge is 0.308 e. The SMILES string of the molecule is COc1ccc(C2(CCN3CCC(C(=O)c4nc5ccccc5n4CCOCc4ccco4)CC3)CCN(C(=O)c3cc(OC)c(OC(C)=O)c(OC)c3)C2)cc1OC. The molecule has 7 rings (SSSR count). The molecule has 1 unspecified atom stereocenters. The molecule has 2 saturated heterocycles. The molecule has 0 aliphatic carbocycles. The third-order valence-electron chi connectivity index (χ3n) is 11.6. The lowest BCUT2D eigenvalue weighted by atomic mass is 9.76. The van der Waals surface area contributed by atoms with Gasteiger partial charge in [-0.15, -0.1) is 0 Å². The Morgan fingerprint density at radius 2 is 1.56 bits per heavy atom. The maximum absolute atomic E-state index is 14.2. The average Bonchev–Trinajstić information content (AvgIpc) is 4.04. The van der Waals surface area contributed by atoms with Gasteiger partial charge in [0.15, 0.2) is 28.8 Å². The van der Waals surface area contributed by atoms with Crippen molar-refractivity contribution in [2.45, 2.75) is 51.2 Å². The molecule has 0 spiro atoms. The summed E-state index contributed by atoms with van der Waals surface area (Å²) in [6, 6.07) is 20.7. The Balaban J connectivity index is 1.05. The number of carbonyl (C=O) groups is 3. The topological polar surface area (TPSA) is 144 Å². The van der Waals surface area contributed by atoms with Gasteiger partial charge in [0.25, 0.3) is 5.91 Å². The maximum Gasteiger partial charge on any atom is 0.308 e. The van der Waals surface area contributed by atoms with E-state index in [1.165, 1.54) is 21.1 Å². The molecule has 5 aromatic rings. The van der Waals surface area contributed by atoms with Gasteiger partial charge >= 0.3 is 5.97 Å². The van der Waals surface area contributed by atoms with Crippen molar-refractivity contribution in [3.8, 4) is 28.7 Å². The number of hydrogen-bond donors (Lipinski definition) is 0. The molecule has 0 radical (unpaired) electrons. The summed E-state index contributed by atoms with van der Waals surface area (Å²) in [7, 11) is 6.13. The number of para-hydroxylation sites is 2. The number of likely N-dealkylation sites (tertiary alicyclic amines) is 2. The van der Waals surface area contributed by atoms with Crippen LogP contribution >= 0.6 is 0 Å². The second-order valence-corrected chi connectivity index (χ2v) is 15.1. The van der Waals surface area contributed by atoms with Crippen molar-refractivity contribution in [1.82, 2.24) is 19.4 Å². The average molecular weight is 809 g/mol. The Morgan fingerprint density at radius 1 is 0.831 bits per heavy atom. The fourth-order valence-electron chi connectivity index (χ4n) is 8.41. The van der Waals surface area contributed by atoms with Gasteiger partial charge in [0.1, 0.15) is 12.4 Å². The Bertz CT molecular complexity index is 2240. The van der Waals surface area contributed by atoms with Gasteiger partial charge < -0.3 is 47.2 Å². The van der Waals surface area contributed by atoms with Crippen LogP contribution in [0, 0.1) is 5.92 Å². The number of esters is 1. The number of carbonyl (C=O) groups excluding carboxylic acids is 3. The highest BCUT2D eigenvalue weighted by Crippen LogP contribution is 2.44. The number of nitrogens with zero attached hydrogens (tertiary/aromatic N) is 4. The molecular formula is C45H52N4O10. The largest absolute Gasteiger partial charge is 0.493 e. The van der Waals surface area contributed by atoms with Gasteiger partial charge in [-0.1, -0.05) is 18.2 Å². The molecule has 0 bridgehead atoms. The summed E-state index contributed by atoms with van der Waals surface area (Å²) in [6.45, 7) is 5.86. The first-order valence-electron chi connectivity index (χ1n) is 19.9. The van der Waals surface area contributed by atoms with Crippen molar-refractivity contribution in [1.29, 1.82) is 0 Å². The van der Waals surface area contributed by atoms with Gasteiger partial charge in [-0.3, -0.25) is 14.4 Å². The first-order chi connectivity index (χ1) is 28.7. The zero-order valence-corrected chi connectivity index (χ0v) is 34.4. The van der Waals surface area contributed by atoms with Crippen LogP contribution < -0.4 is 23.7 Å². The summed E-state index contributed by atoms with van der Waals surface area (Å²) in [6.07, 6.45) is 4.57. The van der Waals surface area contributed by atoms with E-state index < -0.39 is 11.4 Å². The minimum atomic E-state index is -0.532. The number of amides is 1. The molecule has 4 heterocycles. The fourth-order valence-corrected chi connectivity index (χ4v) is 8.41. The van der Waals surface area contributed by atoms with Crippen molar-refractivity contribution in [2.24, 2.45) is 5.92 Å². The molecule has 2 aliphatic rings. The standard InChI is InChI=1S/C45H52N4O10/c1-30(50)59-42-39(55-4)25-32(26-40(42)56-5)44(52)48-21-17-45(29-48,33-12-13-37(53-2)38(27-33)54-3)16-20-47-18-14-31(15-19-47)41(51)43-46-35-10-6-7-11-36(35)49(43)22-24-57-28-34-9-8-23-58-34/h6-13,23,25-27,31H,14-22,24,28-29H2,1-5H3. The fraction of sp³-hybridized carbons (Fsp3) is 0.422. The van der Waals surface area contributed by atoms with Gasteiger partial charge in [-0.25, -0.2) is 4.98 Å². The summed E-state index contributed by atoms with van der Waals surface area (Å²) < 4.78 is 40.9. The molecule has 1 atom stereocenters. The van der Waals surface area contributed by atoms with Crippen LogP contribution in [0.3, 0.4) is 0 Å². The second kappa shape index (κ2) is 18.4. The van der Waals surface area contributed by atoms with Crippen LogP contribution in [0.1, 0.15) is 64.9 Å². The first-order valence-corrected chi connectivity index (χ1v) is 19.9. The normalized spacial score (nSPS) is 17.3. The predicted octanol–water partition coefficient (Wildman–Crippen LogP) is 6.57. The van der Waals surface area contributed by atoms with E-state index >= 15 is 0 Å². The summed E-state index contributed by atoms with van der Waals surface area (Å²) >= 11 is 0. The lowest BCUT2D eigenvalue weighted by Gasteiger charge is -2.36. The Hall–Kier alpha value is -5.86. The Kier molecular flexibility index (Phi) is 12.9. The number of ketones is 1. The number of fused-ring (bicyclic) bond motifs is 1. The second-order valence-electron chi connectivity index (χ2n) is 15.1. The van der Waals surface area contributed by atoms with Crippen LogP contribution in [0.2, 0.25) is 0 Å². The lowest BCUT2D eigenvalue weighted by Crippen LogP contribution is -2.41.